The third-order valence-electron chi connectivity index (χ3n) is 1.77. The quantitative estimate of drug-likeness (QED) is 0.661. The summed E-state index contributed by atoms with van der Waals surface area (Å²) in [6.07, 6.45) is -4.38. The highest BCUT2D eigenvalue weighted by molar-refractivity contribution is 6.17. The zero-order valence-electron chi connectivity index (χ0n) is 7.24. The molecule has 0 bridgehead atoms. The highest BCUT2D eigenvalue weighted by Gasteiger charge is 2.32. The fraction of sp³-hybridized carbons (Fsp3) is 0.200. The summed E-state index contributed by atoms with van der Waals surface area (Å²) in [5.41, 5.74) is -0.130. The first kappa shape index (κ1) is 11.1. The Bertz CT molecular complexity index is 341. The molecule has 0 atom stereocenters. The molecule has 0 heterocycles. The lowest BCUT2D eigenvalue weighted by Gasteiger charge is -2.10. The summed E-state index contributed by atoms with van der Waals surface area (Å²) in [6.45, 7) is 3.00. The van der Waals surface area contributed by atoms with Crippen LogP contribution in [0.3, 0.4) is 0 Å². The molecule has 0 fully saturated rings. The molecule has 0 N–H and O–H groups in total. The van der Waals surface area contributed by atoms with Gasteiger partial charge in [0, 0.05) is 5.88 Å². The van der Waals surface area contributed by atoms with E-state index in [2.05, 4.69) is 6.58 Å². The van der Waals surface area contributed by atoms with Crippen LogP contribution >= 0.6 is 11.6 Å². The summed E-state index contributed by atoms with van der Waals surface area (Å²) >= 11 is 5.51. The minimum atomic E-state index is -4.38. The predicted molar refractivity (Wildman–Crippen MR) is 51.1 cm³/mol. The highest BCUT2D eigenvalue weighted by Crippen LogP contribution is 2.32. The van der Waals surface area contributed by atoms with Crippen LogP contribution in [0.4, 0.5) is 13.2 Å². The van der Waals surface area contributed by atoms with Gasteiger partial charge in [-0.1, -0.05) is 24.8 Å². The molecule has 0 aliphatic carbocycles. The van der Waals surface area contributed by atoms with E-state index in [0.29, 0.717) is 5.56 Å². The Morgan fingerprint density at radius 1 is 1.36 bits per heavy atom. The van der Waals surface area contributed by atoms with Gasteiger partial charge in [-0.3, -0.25) is 0 Å². The van der Waals surface area contributed by atoms with Crippen LogP contribution in [0.5, 0.6) is 0 Å². The molecule has 1 aromatic carbocycles. The van der Waals surface area contributed by atoms with Crippen molar-refractivity contribution in [2.45, 2.75) is 12.1 Å². The van der Waals surface area contributed by atoms with Crippen LogP contribution in [-0.4, -0.2) is 6.18 Å². The summed E-state index contributed by atoms with van der Waals surface area (Å²) in [4.78, 5) is 0. The second-order valence-corrected chi connectivity index (χ2v) is 3.08. The molecule has 0 amide bonds. The molecule has 4 heteroatoms. The van der Waals surface area contributed by atoms with Gasteiger partial charge in [-0.05, 0) is 17.2 Å². The van der Waals surface area contributed by atoms with Gasteiger partial charge < -0.3 is 0 Å². The van der Waals surface area contributed by atoms with Crippen molar-refractivity contribution in [3.8, 4) is 0 Å². The summed E-state index contributed by atoms with van der Waals surface area (Å²) < 4.78 is 36.7. The van der Waals surface area contributed by atoms with E-state index in [1.54, 1.807) is 6.07 Å². The van der Waals surface area contributed by atoms with Crippen molar-refractivity contribution in [3.63, 3.8) is 0 Å². The van der Waals surface area contributed by atoms with Crippen molar-refractivity contribution in [1.82, 2.24) is 0 Å². The average Bonchev–Trinajstić information content (AvgIpc) is 2.15. The van der Waals surface area contributed by atoms with Crippen LogP contribution in [0.15, 0.2) is 30.8 Å². The van der Waals surface area contributed by atoms with Crippen molar-refractivity contribution in [2.24, 2.45) is 0 Å². The number of hydrogen-bond donors (Lipinski definition) is 0. The maximum atomic E-state index is 12.2. The molecular formula is C10H8ClF3. The second kappa shape index (κ2) is 4.05. The molecule has 0 unspecified atom stereocenters. The second-order valence-electron chi connectivity index (χ2n) is 2.81. The molecular weight excluding hydrogens is 213 g/mol. The Kier molecular flexibility index (Phi) is 3.21. The first-order chi connectivity index (χ1) is 6.45. The summed E-state index contributed by atoms with van der Waals surface area (Å²) in [5, 5.41) is 0. The molecule has 0 aliphatic rings. The maximum absolute atomic E-state index is 12.2. The molecule has 0 aromatic heterocycles. The first-order valence-electron chi connectivity index (χ1n) is 3.86. The van der Waals surface area contributed by atoms with Crippen LogP contribution < -0.4 is 0 Å². The average molecular weight is 221 g/mol. The van der Waals surface area contributed by atoms with Crippen molar-refractivity contribution >= 4 is 17.2 Å². The topological polar surface area (TPSA) is 0 Å². The van der Waals surface area contributed by atoms with Crippen molar-refractivity contribution < 1.29 is 13.2 Å². The fourth-order valence-corrected chi connectivity index (χ4v) is 1.17. The van der Waals surface area contributed by atoms with E-state index in [-0.39, 0.29) is 11.4 Å². The van der Waals surface area contributed by atoms with Crippen LogP contribution in [0.25, 0.3) is 5.57 Å². The van der Waals surface area contributed by atoms with Gasteiger partial charge in [-0.25, -0.2) is 0 Å². The molecule has 0 radical (unpaired) electrons. The van der Waals surface area contributed by atoms with E-state index in [4.69, 9.17) is 11.6 Å². The predicted octanol–water partition coefficient (Wildman–Crippen LogP) is 4.00. The molecule has 0 saturated heterocycles. The van der Waals surface area contributed by atoms with E-state index >= 15 is 0 Å². The molecule has 0 spiro atoms. The summed E-state index contributed by atoms with van der Waals surface area (Å²) in [7, 11) is 0. The molecule has 0 nitrogen and oxygen atoms in total. The number of benzene rings is 1. The van der Waals surface area contributed by atoms with E-state index in [9.17, 15) is 13.2 Å². The van der Waals surface area contributed by atoms with E-state index in [1.165, 1.54) is 18.2 Å². The SMILES string of the molecule is C=C(c1cccc(CCl)c1)C(F)(F)F. The van der Waals surface area contributed by atoms with Crippen molar-refractivity contribution in [2.75, 3.05) is 0 Å². The van der Waals surface area contributed by atoms with E-state index in [1.807, 2.05) is 0 Å². The zero-order valence-corrected chi connectivity index (χ0v) is 7.99. The zero-order chi connectivity index (χ0) is 10.8. The number of halogens is 4. The Hall–Kier alpha value is -0.960. The molecule has 0 aliphatic heterocycles. The Labute approximate surface area is 85.0 Å². The fourth-order valence-electron chi connectivity index (χ4n) is 1.01. The number of alkyl halides is 4. The third kappa shape index (κ3) is 2.51. The van der Waals surface area contributed by atoms with Gasteiger partial charge in [0.05, 0.1) is 5.57 Å². The van der Waals surface area contributed by atoms with Crippen molar-refractivity contribution in [1.29, 1.82) is 0 Å². The minimum absolute atomic E-state index is 0.0654. The minimum Gasteiger partial charge on any atom is -0.166 e. The van der Waals surface area contributed by atoms with Gasteiger partial charge in [0.25, 0.3) is 0 Å². The highest BCUT2D eigenvalue weighted by atomic mass is 35.5. The van der Waals surface area contributed by atoms with Gasteiger partial charge in [0.1, 0.15) is 0 Å². The van der Waals surface area contributed by atoms with Gasteiger partial charge >= 0.3 is 6.18 Å². The van der Waals surface area contributed by atoms with Gasteiger partial charge in [-0.2, -0.15) is 13.2 Å². The lowest BCUT2D eigenvalue weighted by atomic mass is 10.1. The van der Waals surface area contributed by atoms with Crippen LogP contribution in [0, 0.1) is 0 Å². The summed E-state index contributed by atoms with van der Waals surface area (Å²) in [6, 6.07) is 5.96. The van der Waals surface area contributed by atoms with Crippen LogP contribution in [0.1, 0.15) is 11.1 Å². The van der Waals surface area contributed by atoms with Crippen LogP contribution in [0.2, 0.25) is 0 Å². The first-order valence-corrected chi connectivity index (χ1v) is 4.40. The Balaban J connectivity index is 3.02. The molecule has 1 aromatic rings. The Morgan fingerprint density at radius 3 is 2.50 bits per heavy atom. The van der Waals surface area contributed by atoms with Crippen LogP contribution in [-0.2, 0) is 5.88 Å². The van der Waals surface area contributed by atoms with Crippen molar-refractivity contribution in [3.05, 3.63) is 42.0 Å². The van der Waals surface area contributed by atoms with E-state index < -0.39 is 11.7 Å². The largest absolute Gasteiger partial charge is 0.416 e. The molecule has 76 valence electrons. The smallest absolute Gasteiger partial charge is 0.166 e. The Morgan fingerprint density at radius 2 is 2.00 bits per heavy atom. The van der Waals surface area contributed by atoms with E-state index in [0.717, 1.165) is 0 Å². The normalized spacial score (nSPS) is 11.4. The molecule has 1 rings (SSSR count). The molecule has 14 heavy (non-hydrogen) atoms. The maximum Gasteiger partial charge on any atom is 0.416 e. The lowest BCUT2D eigenvalue weighted by Crippen LogP contribution is -2.09. The monoisotopic (exact) mass is 220 g/mol. The number of allylic oxidation sites excluding steroid dienone is 1. The number of rotatable bonds is 2. The van der Waals surface area contributed by atoms with Gasteiger partial charge in [-0.15, -0.1) is 11.6 Å². The molecule has 0 saturated carbocycles. The van der Waals surface area contributed by atoms with Gasteiger partial charge in [0.15, 0.2) is 0 Å². The van der Waals surface area contributed by atoms with Gasteiger partial charge in [0.2, 0.25) is 0 Å². The lowest BCUT2D eigenvalue weighted by molar-refractivity contribution is -0.0686. The third-order valence-corrected chi connectivity index (χ3v) is 2.08. The number of hydrogen-bond acceptors (Lipinski definition) is 0. The summed E-state index contributed by atoms with van der Waals surface area (Å²) in [5.74, 6) is 0.193. The standard InChI is InChI=1S/C10H8ClF3/c1-7(10(12,13)14)9-4-2-3-8(5-9)6-11/h2-5H,1,6H2.